The molecule has 22 heavy (non-hydrogen) atoms. The summed E-state index contributed by atoms with van der Waals surface area (Å²) in [4.78, 5) is 16.3. The van der Waals surface area contributed by atoms with Crippen molar-refractivity contribution in [3.05, 3.63) is 53.1 Å². The maximum atomic E-state index is 11.9. The summed E-state index contributed by atoms with van der Waals surface area (Å²) in [5.41, 5.74) is 1.78. The van der Waals surface area contributed by atoms with Crippen LogP contribution in [0.1, 0.15) is 5.56 Å². The standard InChI is InChI=1S/C16H13ClN2O2S/c1-10-8-11(6-7-12(10)17)21-9-15(20)19-16-18-13-4-2-3-5-14(13)22-16/h2-8H,9H2,1H3,(H,18,19,20). The lowest BCUT2D eigenvalue weighted by Gasteiger charge is -2.07. The molecule has 0 saturated carbocycles. The molecule has 3 aromatic rings. The Morgan fingerprint density at radius 1 is 1.32 bits per heavy atom. The summed E-state index contributed by atoms with van der Waals surface area (Å²) >= 11 is 7.38. The second-order valence-corrected chi connectivity index (χ2v) is 6.17. The highest BCUT2D eigenvalue weighted by Crippen LogP contribution is 2.25. The molecule has 0 bridgehead atoms. The van der Waals surface area contributed by atoms with E-state index >= 15 is 0 Å². The normalized spacial score (nSPS) is 10.6. The zero-order chi connectivity index (χ0) is 15.5. The number of amides is 1. The van der Waals surface area contributed by atoms with E-state index in [0.29, 0.717) is 15.9 Å². The zero-order valence-electron chi connectivity index (χ0n) is 11.8. The molecule has 0 aliphatic rings. The van der Waals surface area contributed by atoms with E-state index in [1.807, 2.05) is 31.2 Å². The topological polar surface area (TPSA) is 51.2 Å². The minimum atomic E-state index is -0.244. The maximum Gasteiger partial charge on any atom is 0.264 e. The first-order valence-electron chi connectivity index (χ1n) is 6.66. The molecule has 112 valence electrons. The molecule has 1 N–H and O–H groups in total. The molecule has 2 aromatic carbocycles. The van der Waals surface area contributed by atoms with Crippen molar-refractivity contribution in [3.63, 3.8) is 0 Å². The molecule has 6 heteroatoms. The predicted molar refractivity (Wildman–Crippen MR) is 89.9 cm³/mol. The first-order chi connectivity index (χ1) is 10.6. The van der Waals surface area contributed by atoms with Crippen molar-refractivity contribution in [1.82, 2.24) is 4.98 Å². The number of aryl methyl sites for hydroxylation is 1. The van der Waals surface area contributed by atoms with Crippen LogP contribution in [0.4, 0.5) is 5.13 Å². The van der Waals surface area contributed by atoms with Crippen molar-refractivity contribution < 1.29 is 9.53 Å². The number of aromatic nitrogens is 1. The smallest absolute Gasteiger partial charge is 0.264 e. The van der Waals surface area contributed by atoms with Gasteiger partial charge in [0.05, 0.1) is 10.2 Å². The highest BCUT2D eigenvalue weighted by atomic mass is 35.5. The molecule has 3 rings (SSSR count). The third-order valence-corrected chi connectivity index (χ3v) is 4.42. The van der Waals surface area contributed by atoms with Gasteiger partial charge in [0.15, 0.2) is 11.7 Å². The van der Waals surface area contributed by atoms with Gasteiger partial charge in [0.1, 0.15) is 5.75 Å². The van der Waals surface area contributed by atoms with Gasteiger partial charge < -0.3 is 4.74 Å². The number of para-hydroxylation sites is 1. The zero-order valence-corrected chi connectivity index (χ0v) is 13.4. The molecule has 0 aliphatic heterocycles. The molecule has 1 amide bonds. The van der Waals surface area contributed by atoms with Crippen LogP contribution < -0.4 is 10.1 Å². The summed E-state index contributed by atoms with van der Waals surface area (Å²) in [5.74, 6) is 0.369. The van der Waals surface area contributed by atoms with E-state index in [9.17, 15) is 4.79 Å². The molecule has 0 unspecified atom stereocenters. The fourth-order valence-electron chi connectivity index (χ4n) is 1.94. The molecule has 1 aromatic heterocycles. The summed E-state index contributed by atoms with van der Waals surface area (Å²) < 4.78 is 6.49. The lowest BCUT2D eigenvalue weighted by atomic mass is 10.2. The summed E-state index contributed by atoms with van der Waals surface area (Å²) in [5, 5.41) is 3.99. The van der Waals surface area contributed by atoms with Crippen LogP contribution in [-0.2, 0) is 4.79 Å². The minimum Gasteiger partial charge on any atom is -0.484 e. The summed E-state index contributed by atoms with van der Waals surface area (Å²) in [6.07, 6.45) is 0. The first kappa shape index (κ1) is 14.8. The van der Waals surface area contributed by atoms with E-state index in [-0.39, 0.29) is 12.5 Å². The lowest BCUT2D eigenvalue weighted by molar-refractivity contribution is -0.118. The molecular formula is C16H13ClN2O2S. The van der Waals surface area contributed by atoms with Crippen LogP contribution >= 0.6 is 22.9 Å². The van der Waals surface area contributed by atoms with E-state index in [0.717, 1.165) is 15.8 Å². The number of ether oxygens (including phenoxy) is 1. The van der Waals surface area contributed by atoms with Crippen molar-refractivity contribution in [2.75, 3.05) is 11.9 Å². The van der Waals surface area contributed by atoms with Crippen LogP contribution in [0.15, 0.2) is 42.5 Å². The Morgan fingerprint density at radius 3 is 2.91 bits per heavy atom. The molecule has 1 heterocycles. The van der Waals surface area contributed by atoms with Gasteiger partial charge in [0.25, 0.3) is 5.91 Å². The fraction of sp³-hybridized carbons (Fsp3) is 0.125. The maximum absolute atomic E-state index is 11.9. The van der Waals surface area contributed by atoms with E-state index in [2.05, 4.69) is 10.3 Å². The highest BCUT2D eigenvalue weighted by molar-refractivity contribution is 7.22. The molecular weight excluding hydrogens is 320 g/mol. The Morgan fingerprint density at radius 2 is 2.14 bits per heavy atom. The monoisotopic (exact) mass is 332 g/mol. The number of thiazole rings is 1. The Bertz CT molecular complexity index is 799. The highest BCUT2D eigenvalue weighted by Gasteiger charge is 2.08. The van der Waals surface area contributed by atoms with E-state index in [1.54, 1.807) is 18.2 Å². The predicted octanol–water partition coefficient (Wildman–Crippen LogP) is 4.28. The fourth-order valence-corrected chi connectivity index (χ4v) is 2.94. The third-order valence-electron chi connectivity index (χ3n) is 3.04. The molecule has 0 atom stereocenters. The van der Waals surface area contributed by atoms with Crippen LogP contribution in [0.25, 0.3) is 10.2 Å². The molecule has 0 saturated heterocycles. The van der Waals surface area contributed by atoms with Crippen LogP contribution in [-0.4, -0.2) is 17.5 Å². The second kappa shape index (κ2) is 6.34. The van der Waals surface area contributed by atoms with Gasteiger partial charge >= 0.3 is 0 Å². The largest absolute Gasteiger partial charge is 0.484 e. The average molecular weight is 333 g/mol. The van der Waals surface area contributed by atoms with Crippen LogP contribution in [0, 0.1) is 6.92 Å². The number of benzene rings is 2. The van der Waals surface area contributed by atoms with E-state index in [4.69, 9.17) is 16.3 Å². The Kier molecular flexibility index (Phi) is 4.27. The number of hydrogen-bond donors (Lipinski definition) is 1. The molecule has 0 radical (unpaired) electrons. The van der Waals surface area contributed by atoms with Gasteiger partial charge in [-0.1, -0.05) is 35.1 Å². The number of carbonyl (C=O) groups excluding carboxylic acids is 1. The average Bonchev–Trinajstić information content (AvgIpc) is 2.90. The molecule has 0 aliphatic carbocycles. The van der Waals surface area contributed by atoms with Crippen molar-refractivity contribution in [2.24, 2.45) is 0 Å². The first-order valence-corrected chi connectivity index (χ1v) is 7.85. The van der Waals surface area contributed by atoms with Gasteiger partial charge in [0.2, 0.25) is 0 Å². The number of fused-ring (bicyclic) bond motifs is 1. The van der Waals surface area contributed by atoms with Crippen molar-refractivity contribution in [2.45, 2.75) is 6.92 Å². The number of anilines is 1. The van der Waals surface area contributed by atoms with Gasteiger partial charge in [-0.25, -0.2) is 4.98 Å². The number of rotatable bonds is 4. The number of nitrogens with one attached hydrogen (secondary N) is 1. The quantitative estimate of drug-likeness (QED) is 0.776. The van der Waals surface area contributed by atoms with Gasteiger partial charge in [-0.3, -0.25) is 10.1 Å². The third kappa shape index (κ3) is 3.37. The molecule has 0 spiro atoms. The Labute approximate surface area is 136 Å². The van der Waals surface area contributed by atoms with Gasteiger partial charge in [-0.05, 0) is 42.8 Å². The molecule has 0 fully saturated rings. The van der Waals surface area contributed by atoms with Gasteiger partial charge in [-0.15, -0.1) is 0 Å². The summed E-state index contributed by atoms with van der Waals surface area (Å²) in [6, 6.07) is 13.0. The van der Waals surface area contributed by atoms with Crippen LogP contribution in [0.3, 0.4) is 0 Å². The van der Waals surface area contributed by atoms with Crippen LogP contribution in [0.2, 0.25) is 5.02 Å². The lowest BCUT2D eigenvalue weighted by Crippen LogP contribution is -2.20. The number of halogens is 1. The number of hydrogen-bond acceptors (Lipinski definition) is 4. The SMILES string of the molecule is Cc1cc(OCC(=O)Nc2nc3ccccc3s2)ccc1Cl. The number of nitrogens with zero attached hydrogens (tertiary/aromatic N) is 1. The van der Waals surface area contributed by atoms with Crippen molar-refractivity contribution in [1.29, 1.82) is 0 Å². The second-order valence-electron chi connectivity index (χ2n) is 4.73. The minimum absolute atomic E-state index is 0.0724. The number of carbonyl (C=O) groups is 1. The molecule has 4 nitrogen and oxygen atoms in total. The van der Waals surface area contributed by atoms with E-state index < -0.39 is 0 Å². The summed E-state index contributed by atoms with van der Waals surface area (Å²) in [7, 11) is 0. The van der Waals surface area contributed by atoms with Crippen molar-refractivity contribution in [3.8, 4) is 5.75 Å². The van der Waals surface area contributed by atoms with Gasteiger partial charge in [-0.2, -0.15) is 0 Å². The van der Waals surface area contributed by atoms with Crippen LogP contribution in [0.5, 0.6) is 5.75 Å². The summed E-state index contributed by atoms with van der Waals surface area (Å²) in [6.45, 7) is 1.81. The Balaban J connectivity index is 1.61. The van der Waals surface area contributed by atoms with E-state index in [1.165, 1.54) is 11.3 Å². The Hall–Kier alpha value is -2.11. The van der Waals surface area contributed by atoms with Gasteiger partial charge in [0, 0.05) is 5.02 Å². The van der Waals surface area contributed by atoms with Crippen molar-refractivity contribution >= 4 is 44.2 Å².